The number of nitro groups is 1. The number of nitro benzene ring substituents is 1. The molecule has 1 fully saturated rings. The van der Waals surface area contributed by atoms with Crippen molar-refractivity contribution in [2.24, 2.45) is 0 Å². The van der Waals surface area contributed by atoms with Crippen molar-refractivity contribution in [2.75, 3.05) is 19.7 Å². The summed E-state index contributed by atoms with van der Waals surface area (Å²) in [6, 6.07) is 1.45. The van der Waals surface area contributed by atoms with Gasteiger partial charge in [-0.25, -0.2) is 0 Å². The van der Waals surface area contributed by atoms with E-state index in [1.165, 1.54) is 0 Å². The number of alkyl halides is 5. The molecule has 1 aliphatic heterocycles. The molecular formula is C17H19F5N2O5. The van der Waals surface area contributed by atoms with Gasteiger partial charge in [-0.05, 0) is 18.9 Å². The lowest BCUT2D eigenvalue weighted by Gasteiger charge is -2.30. The molecule has 0 amide bonds. The summed E-state index contributed by atoms with van der Waals surface area (Å²) in [5.74, 6) is -6.81. The van der Waals surface area contributed by atoms with Crippen molar-refractivity contribution in [2.45, 2.75) is 44.5 Å². The topological polar surface area (TPSA) is 81.9 Å². The average molecular weight is 426 g/mol. The monoisotopic (exact) mass is 426 g/mol. The lowest BCUT2D eigenvalue weighted by atomic mass is 10.1. The van der Waals surface area contributed by atoms with E-state index >= 15 is 0 Å². The summed E-state index contributed by atoms with van der Waals surface area (Å²) in [6.07, 6.45) is -5.41. The smallest absolute Gasteiger partial charge is 0.458 e. The minimum Gasteiger partial charge on any atom is -0.474 e. The summed E-state index contributed by atoms with van der Waals surface area (Å²) in [7, 11) is 0. The van der Waals surface area contributed by atoms with Crippen LogP contribution in [-0.2, 0) is 15.5 Å². The fraction of sp³-hybridized carbons (Fsp3) is 0.588. The normalized spacial score (nSPS) is 16.5. The Hall–Kier alpha value is -2.50. The number of hydrogen-bond donors (Lipinski definition) is 0. The molecule has 1 aromatic carbocycles. The first-order chi connectivity index (χ1) is 13.4. The highest BCUT2D eigenvalue weighted by molar-refractivity contribution is 5.65. The number of carbonyl (C=O) groups excluding carboxylic acids is 1. The van der Waals surface area contributed by atoms with Crippen LogP contribution < -0.4 is 4.74 Å². The van der Waals surface area contributed by atoms with Gasteiger partial charge in [0.25, 0.3) is 5.69 Å². The Labute approximate surface area is 162 Å². The maximum absolute atomic E-state index is 14.0. The lowest BCUT2D eigenvalue weighted by molar-refractivity contribution is -0.385. The maximum atomic E-state index is 14.0. The Morgan fingerprint density at radius 2 is 1.86 bits per heavy atom. The maximum Gasteiger partial charge on any atom is 0.458 e. The van der Waals surface area contributed by atoms with Crippen molar-refractivity contribution >= 4 is 11.7 Å². The zero-order valence-corrected chi connectivity index (χ0v) is 15.4. The van der Waals surface area contributed by atoms with Crippen LogP contribution in [0.4, 0.5) is 27.6 Å². The number of esters is 1. The van der Waals surface area contributed by atoms with Gasteiger partial charge < -0.3 is 9.47 Å². The first-order valence-electron chi connectivity index (χ1n) is 8.71. The first kappa shape index (κ1) is 22.8. The second-order valence-corrected chi connectivity index (χ2v) is 6.45. The molecule has 0 spiro atoms. The number of halogens is 5. The Morgan fingerprint density at radius 3 is 2.38 bits per heavy atom. The van der Waals surface area contributed by atoms with Crippen molar-refractivity contribution in [3.63, 3.8) is 0 Å². The van der Waals surface area contributed by atoms with Gasteiger partial charge in [0.2, 0.25) is 0 Å². The van der Waals surface area contributed by atoms with Gasteiger partial charge in [0.1, 0.15) is 5.75 Å². The predicted molar refractivity (Wildman–Crippen MR) is 89.5 cm³/mol. The van der Waals surface area contributed by atoms with E-state index in [2.05, 4.69) is 0 Å². The van der Waals surface area contributed by atoms with Crippen molar-refractivity contribution in [3.8, 4) is 5.75 Å². The summed E-state index contributed by atoms with van der Waals surface area (Å²) >= 11 is 0. The fourth-order valence-electron chi connectivity index (χ4n) is 2.93. The van der Waals surface area contributed by atoms with Gasteiger partial charge in [-0.1, -0.05) is 0 Å². The van der Waals surface area contributed by atoms with Crippen LogP contribution in [-0.4, -0.2) is 47.9 Å². The highest BCUT2D eigenvalue weighted by atomic mass is 19.4. The summed E-state index contributed by atoms with van der Waals surface area (Å²) in [4.78, 5) is 22.7. The Bertz CT molecular complexity index is 750. The van der Waals surface area contributed by atoms with E-state index in [1.54, 1.807) is 4.90 Å². The Kier molecular flexibility index (Phi) is 6.98. The van der Waals surface area contributed by atoms with E-state index in [4.69, 9.17) is 9.47 Å². The molecule has 7 nitrogen and oxygen atoms in total. The second-order valence-electron chi connectivity index (χ2n) is 6.45. The molecule has 29 heavy (non-hydrogen) atoms. The Morgan fingerprint density at radius 1 is 1.24 bits per heavy atom. The number of nitrogens with zero attached hydrogens (tertiary/aromatic N) is 2. The van der Waals surface area contributed by atoms with E-state index in [0.717, 1.165) is 19.8 Å². The van der Waals surface area contributed by atoms with Crippen LogP contribution in [0.15, 0.2) is 18.2 Å². The molecule has 0 N–H and O–H groups in total. The van der Waals surface area contributed by atoms with Crippen LogP contribution >= 0.6 is 0 Å². The van der Waals surface area contributed by atoms with E-state index in [0.29, 0.717) is 31.3 Å². The van der Waals surface area contributed by atoms with Gasteiger partial charge in [0.15, 0.2) is 6.23 Å². The van der Waals surface area contributed by atoms with E-state index in [-0.39, 0.29) is 13.0 Å². The minimum absolute atomic E-state index is 0.0146. The summed E-state index contributed by atoms with van der Waals surface area (Å²) < 4.78 is 76.8. The third kappa shape index (κ3) is 5.52. The number of ether oxygens (including phenoxy) is 2. The number of rotatable bonds is 8. The lowest BCUT2D eigenvalue weighted by Crippen LogP contribution is -2.40. The fourth-order valence-corrected chi connectivity index (χ4v) is 2.93. The van der Waals surface area contributed by atoms with E-state index < -0.39 is 46.2 Å². The van der Waals surface area contributed by atoms with Gasteiger partial charge in [-0.15, -0.1) is 0 Å². The number of non-ortho nitro benzene ring substituents is 1. The van der Waals surface area contributed by atoms with Gasteiger partial charge in [-0.3, -0.25) is 19.8 Å². The molecule has 1 heterocycles. The standard InChI is InChI=1S/C17H19F5N2O5/c1-11(25)28-9-6-15(23-7-2-3-8-23)29-14-10-12(24(26)27)4-5-13(14)16(18,19)17(20,21)22/h4-5,10,15H,2-3,6-9H2,1H3. The Balaban J connectivity index is 2.40. The highest BCUT2D eigenvalue weighted by Crippen LogP contribution is 2.48. The van der Waals surface area contributed by atoms with Crippen LogP contribution in [0.2, 0.25) is 0 Å². The average Bonchev–Trinajstić information content (AvgIpc) is 3.13. The molecule has 1 aliphatic rings. The van der Waals surface area contributed by atoms with E-state index in [9.17, 15) is 36.9 Å². The third-order valence-electron chi connectivity index (χ3n) is 4.35. The summed E-state index contributed by atoms with van der Waals surface area (Å²) in [5, 5.41) is 11.0. The molecule has 0 saturated carbocycles. The number of benzene rings is 1. The first-order valence-corrected chi connectivity index (χ1v) is 8.71. The molecule has 162 valence electrons. The molecule has 0 aliphatic carbocycles. The molecule has 2 rings (SSSR count). The molecule has 0 radical (unpaired) electrons. The quantitative estimate of drug-likeness (QED) is 0.271. The number of likely N-dealkylation sites (tertiary alicyclic amines) is 1. The van der Waals surface area contributed by atoms with Crippen LogP contribution in [0.25, 0.3) is 0 Å². The second kappa shape index (κ2) is 8.89. The minimum atomic E-state index is -5.91. The SMILES string of the molecule is CC(=O)OCCC(Oc1cc([N+](=O)[O-])ccc1C(F)(F)C(F)(F)F)N1CCCC1. The van der Waals surface area contributed by atoms with Gasteiger partial charge in [0, 0.05) is 32.5 Å². The van der Waals surface area contributed by atoms with Gasteiger partial charge in [-0.2, -0.15) is 22.0 Å². The van der Waals surface area contributed by atoms with Crippen molar-refractivity contribution in [3.05, 3.63) is 33.9 Å². The molecular weight excluding hydrogens is 407 g/mol. The molecule has 12 heteroatoms. The summed E-state index contributed by atoms with van der Waals surface area (Å²) in [6.45, 7) is 1.99. The molecule has 1 unspecified atom stereocenters. The third-order valence-corrected chi connectivity index (χ3v) is 4.35. The highest BCUT2D eigenvalue weighted by Gasteiger charge is 2.60. The zero-order chi connectivity index (χ0) is 21.8. The molecule has 1 atom stereocenters. The van der Waals surface area contributed by atoms with Crippen LogP contribution in [0.3, 0.4) is 0 Å². The van der Waals surface area contributed by atoms with Crippen LogP contribution in [0, 0.1) is 10.1 Å². The largest absolute Gasteiger partial charge is 0.474 e. The van der Waals surface area contributed by atoms with E-state index in [1.807, 2.05) is 0 Å². The van der Waals surface area contributed by atoms with Crippen LogP contribution in [0.1, 0.15) is 31.7 Å². The van der Waals surface area contributed by atoms with Crippen molar-refractivity contribution in [1.82, 2.24) is 4.90 Å². The summed E-state index contributed by atoms with van der Waals surface area (Å²) in [5.41, 5.74) is -2.21. The number of hydrogen-bond acceptors (Lipinski definition) is 6. The molecule has 1 saturated heterocycles. The molecule has 0 aromatic heterocycles. The van der Waals surface area contributed by atoms with Crippen molar-refractivity contribution in [1.29, 1.82) is 0 Å². The number of carbonyl (C=O) groups is 1. The zero-order valence-electron chi connectivity index (χ0n) is 15.4. The van der Waals surface area contributed by atoms with Gasteiger partial charge >= 0.3 is 18.1 Å². The van der Waals surface area contributed by atoms with Crippen molar-refractivity contribution < 1.29 is 41.1 Å². The van der Waals surface area contributed by atoms with Crippen LogP contribution in [0.5, 0.6) is 5.75 Å². The predicted octanol–water partition coefficient (Wildman–Crippen LogP) is 4.00. The molecule has 0 bridgehead atoms. The molecule has 1 aromatic rings. The van der Waals surface area contributed by atoms with Gasteiger partial charge in [0.05, 0.1) is 23.2 Å².